The van der Waals surface area contributed by atoms with Crippen LogP contribution in [0.2, 0.25) is 0 Å². The van der Waals surface area contributed by atoms with Crippen molar-refractivity contribution in [1.82, 2.24) is 9.97 Å². The van der Waals surface area contributed by atoms with Gasteiger partial charge in [0.2, 0.25) is 5.88 Å². The van der Waals surface area contributed by atoms with Gasteiger partial charge in [-0.05, 0) is 20.3 Å². The van der Waals surface area contributed by atoms with Gasteiger partial charge in [-0.15, -0.1) is 0 Å². The van der Waals surface area contributed by atoms with E-state index in [9.17, 15) is 0 Å². The van der Waals surface area contributed by atoms with Crippen LogP contribution in [0.4, 0.5) is 11.5 Å². The Labute approximate surface area is 102 Å². The molecule has 0 aliphatic carbocycles. The topological polar surface area (TPSA) is 82.3 Å². The van der Waals surface area contributed by atoms with Gasteiger partial charge in [0.1, 0.15) is 11.5 Å². The number of methoxy groups -OCH3 is 1. The van der Waals surface area contributed by atoms with Crippen LogP contribution in [0, 0.1) is 6.92 Å². The zero-order chi connectivity index (χ0) is 12.7. The fraction of sp³-hybridized carbons (Fsp3) is 0.636. The first kappa shape index (κ1) is 13.5. The van der Waals surface area contributed by atoms with Crippen LogP contribution in [-0.4, -0.2) is 36.8 Å². The highest BCUT2D eigenvalue weighted by molar-refractivity contribution is 5.66. The van der Waals surface area contributed by atoms with Gasteiger partial charge in [0, 0.05) is 19.8 Å². The summed E-state index contributed by atoms with van der Waals surface area (Å²) in [5.74, 6) is 1.65. The van der Waals surface area contributed by atoms with Crippen LogP contribution in [0.3, 0.4) is 0 Å². The normalized spacial score (nSPS) is 10.3. The standard InChI is InChI=1S/C11H20N4O2/c1-4-17-7-5-6-13-10-9(12)11(16-3)15-8(2)14-10/h4-7,12H2,1-3H3,(H,13,14,15). The van der Waals surface area contributed by atoms with E-state index < -0.39 is 0 Å². The molecule has 1 aromatic heterocycles. The first-order chi connectivity index (χ1) is 8.19. The molecule has 0 saturated heterocycles. The summed E-state index contributed by atoms with van der Waals surface area (Å²) in [7, 11) is 1.54. The van der Waals surface area contributed by atoms with E-state index in [0.29, 0.717) is 23.2 Å². The lowest BCUT2D eigenvalue weighted by atomic mass is 10.4. The molecule has 6 nitrogen and oxygen atoms in total. The van der Waals surface area contributed by atoms with Crippen LogP contribution in [0.5, 0.6) is 5.88 Å². The molecule has 0 aliphatic heterocycles. The van der Waals surface area contributed by atoms with E-state index in [1.54, 1.807) is 6.92 Å². The van der Waals surface area contributed by atoms with Crippen LogP contribution in [0.15, 0.2) is 0 Å². The number of aromatic nitrogens is 2. The quantitative estimate of drug-likeness (QED) is 0.697. The smallest absolute Gasteiger partial charge is 0.242 e. The fourth-order valence-corrected chi connectivity index (χ4v) is 1.37. The summed E-state index contributed by atoms with van der Waals surface area (Å²) in [5.41, 5.74) is 6.30. The van der Waals surface area contributed by atoms with E-state index in [-0.39, 0.29) is 0 Å². The van der Waals surface area contributed by atoms with Crippen molar-refractivity contribution in [3.63, 3.8) is 0 Å². The number of nitrogens with two attached hydrogens (primary N) is 1. The van der Waals surface area contributed by atoms with Gasteiger partial charge in [-0.2, -0.15) is 4.98 Å². The molecule has 1 rings (SSSR count). The molecule has 0 bridgehead atoms. The van der Waals surface area contributed by atoms with Crippen molar-refractivity contribution in [2.24, 2.45) is 0 Å². The summed E-state index contributed by atoms with van der Waals surface area (Å²) in [6.45, 7) is 5.99. The third-order valence-electron chi connectivity index (χ3n) is 2.18. The first-order valence-electron chi connectivity index (χ1n) is 5.68. The molecule has 1 heterocycles. The summed E-state index contributed by atoms with van der Waals surface area (Å²) in [6, 6.07) is 0. The average molecular weight is 240 g/mol. The first-order valence-corrected chi connectivity index (χ1v) is 5.68. The highest BCUT2D eigenvalue weighted by atomic mass is 16.5. The Morgan fingerprint density at radius 3 is 2.76 bits per heavy atom. The highest BCUT2D eigenvalue weighted by Gasteiger charge is 2.09. The molecule has 96 valence electrons. The number of ether oxygens (including phenoxy) is 2. The molecule has 6 heteroatoms. The Morgan fingerprint density at radius 1 is 1.35 bits per heavy atom. The minimum atomic E-state index is 0.407. The van der Waals surface area contributed by atoms with E-state index >= 15 is 0 Å². The predicted molar refractivity (Wildman–Crippen MR) is 67.3 cm³/mol. The summed E-state index contributed by atoms with van der Waals surface area (Å²) in [4.78, 5) is 8.32. The van der Waals surface area contributed by atoms with Crippen LogP contribution >= 0.6 is 0 Å². The summed E-state index contributed by atoms with van der Waals surface area (Å²) in [6.07, 6.45) is 0.901. The second-order valence-electron chi connectivity index (χ2n) is 3.52. The van der Waals surface area contributed by atoms with Crippen molar-refractivity contribution in [1.29, 1.82) is 0 Å². The number of hydrogen-bond acceptors (Lipinski definition) is 6. The molecule has 0 saturated carbocycles. The SMILES string of the molecule is CCOCCCNc1nc(C)nc(OC)c1N. The molecule has 1 aromatic rings. The molecule has 0 atom stereocenters. The molecule has 0 unspecified atom stereocenters. The van der Waals surface area contributed by atoms with Gasteiger partial charge in [-0.3, -0.25) is 0 Å². The van der Waals surface area contributed by atoms with Crippen molar-refractivity contribution in [2.75, 3.05) is 37.9 Å². The number of aryl methyl sites for hydroxylation is 1. The van der Waals surface area contributed by atoms with Crippen molar-refractivity contribution < 1.29 is 9.47 Å². The molecule has 0 aromatic carbocycles. The average Bonchev–Trinajstić information content (AvgIpc) is 2.32. The minimum absolute atomic E-state index is 0.407. The van der Waals surface area contributed by atoms with Crippen molar-refractivity contribution in [3.05, 3.63) is 5.82 Å². The van der Waals surface area contributed by atoms with Crippen molar-refractivity contribution >= 4 is 11.5 Å². The van der Waals surface area contributed by atoms with Gasteiger partial charge in [0.15, 0.2) is 5.82 Å². The Bertz CT molecular complexity index is 358. The van der Waals surface area contributed by atoms with Crippen LogP contribution in [-0.2, 0) is 4.74 Å². The maximum Gasteiger partial charge on any atom is 0.242 e. The number of nitrogens with zero attached hydrogens (tertiary/aromatic N) is 2. The van der Waals surface area contributed by atoms with E-state index in [0.717, 1.165) is 26.2 Å². The summed E-state index contributed by atoms with van der Waals surface area (Å²) in [5, 5.41) is 3.15. The minimum Gasteiger partial charge on any atom is -0.479 e. The molecule has 17 heavy (non-hydrogen) atoms. The number of rotatable bonds is 7. The molecule has 0 radical (unpaired) electrons. The van der Waals surface area contributed by atoms with E-state index in [4.69, 9.17) is 15.2 Å². The predicted octanol–water partition coefficient (Wildman–Crippen LogP) is 1.21. The third-order valence-corrected chi connectivity index (χ3v) is 2.18. The summed E-state index contributed by atoms with van der Waals surface area (Å²) >= 11 is 0. The Kier molecular flexibility index (Phi) is 5.48. The largest absolute Gasteiger partial charge is 0.479 e. The van der Waals surface area contributed by atoms with Gasteiger partial charge in [-0.25, -0.2) is 4.98 Å². The molecule has 0 spiro atoms. The van der Waals surface area contributed by atoms with E-state index in [1.165, 1.54) is 7.11 Å². The maximum absolute atomic E-state index is 5.86. The van der Waals surface area contributed by atoms with Crippen molar-refractivity contribution in [3.8, 4) is 5.88 Å². The van der Waals surface area contributed by atoms with Gasteiger partial charge in [0.25, 0.3) is 0 Å². The molecular formula is C11H20N4O2. The zero-order valence-electron chi connectivity index (χ0n) is 10.6. The van der Waals surface area contributed by atoms with Crippen molar-refractivity contribution in [2.45, 2.75) is 20.3 Å². The fourth-order valence-electron chi connectivity index (χ4n) is 1.37. The van der Waals surface area contributed by atoms with Gasteiger partial charge in [-0.1, -0.05) is 0 Å². The highest BCUT2D eigenvalue weighted by Crippen LogP contribution is 2.25. The Morgan fingerprint density at radius 2 is 2.12 bits per heavy atom. The number of nitrogens with one attached hydrogen (secondary N) is 1. The molecule has 0 aliphatic rings. The lowest BCUT2D eigenvalue weighted by Gasteiger charge is -2.11. The summed E-state index contributed by atoms with van der Waals surface area (Å²) < 4.78 is 10.3. The Hall–Kier alpha value is -1.56. The number of hydrogen-bond donors (Lipinski definition) is 2. The molecular weight excluding hydrogens is 220 g/mol. The lowest BCUT2D eigenvalue weighted by molar-refractivity contribution is 0.147. The van der Waals surface area contributed by atoms with Gasteiger partial charge < -0.3 is 20.5 Å². The monoisotopic (exact) mass is 240 g/mol. The second kappa shape index (κ2) is 6.90. The third kappa shape index (κ3) is 4.07. The van der Waals surface area contributed by atoms with Crippen LogP contribution in [0.25, 0.3) is 0 Å². The zero-order valence-corrected chi connectivity index (χ0v) is 10.6. The molecule has 0 fully saturated rings. The van der Waals surface area contributed by atoms with Gasteiger partial charge in [0.05, 0.1) is 7.11 Å². The van der Waals surface area contributed by atoms with Crippen LogP contribution in [0.1, 0.15) is 19.2 Å². The Balaban J connectivity index is 2.55. The molecule has 3 N–H and O–H groups in total. The van der Waals surface area contributed by atoms with E-state index in [1.807, 2.05) is 6.92 Å². The maximum atomic E-state index is 5.86. The number of nitrogen functional groups attached to an aromatic ring is 1. The number of anilines is 2. The van der Waals surface area contributed by atoms with E-state index in [2.05, 4.69) is 15.3 Å². The van der Waals surface area contributed by atoms with Crippen LogP contribution < -0.4 is 15.8 Å². The molecule has 0 amide bonds. The lowest BCUT2D eigenvalue weighted by Crippen LogP contribution is -2.11. The second-order valence-corrected chi connectivity index (χ2v) is 3.52. The van der Waals surface area contributed by atoms with Gasteiger partial charge >= 0.3 is 0 Å².